The number of guanidine groups is 1. The SMILES string of the molecule is C=C(C)CN1CCC(NC(=NCc2cccc(OCC(=O)NCC)c2)NCC)CC1. The van der Waals surface area contributed by atoms with Gasteiger partial charge in [0, 0.05) is 38.8 Å². The Hall–Kier alpha value is -2.54. The van der Waals surface area contributed by atoms with Gasteiger partial charge >= 0.3 is 0 Å². The molecule has 0 unspecified atom stereocenters. The van der Waals surface area contributed by atoms with Crippen LogP contribution in [-0.4, -0.2) is 62.1 Å². The molecule has 1 amide bonds. The van der Waals surface area contributed by atoms with Gasteiger partial charge in [0.05, 0.1) is 6.54 Å². The number of likely N-dealkylation sites (tertiary alicyclic amines) is 1. The second-order valence-electron chi connectivity index (χ2n) is 7.74. The Bertz CT molecular complexity index is 711. The van der Waals surface area contributed by atoms with Crippen LogP contribution in [0.25, 0.3) is 0 Å². The summed E-state index contributed by atoms with van der Waals surface area (Å²) in [5.74, 6) is 1.40. The quantitative estimate of drug-likeness (QED) is 0.311. The fraction of sp³-hybridized carbons (Fsp3) is 0.565. The fourth-order valence-electron chi connectivity index (χ4n) is 3.43. The molecule has 1 heterocycles. The molecule has 166 valence electrons. The number of ether oxygens (including phenoxy) is 1. The maximum Gasteiger partial charge on any atom is 0.257 e. The van der Waals surface area contributed by atoms with E-state index in [9.17, 15) is 4.79 Å². The predicted molar refractivity (Wildman–Crippen MR) is 123 cm³/mol. The van der Waals surface area contributed by atoms with Gasteiger partial charge in [0.15, 0.2) is 12.6 Å². The van der Waals surface area contributed by atoms with Crippen molar-refractivity contribution >= 4 is 11.9 Å². The first-order valence-corrected chi connectivity index (χ1v) is 10.9. The van der Waals surface area contributed by atoms with Gasteiger partial charge in [0.25, 0.3) is 5.91 Å². The van der Waals surface area contributed by atoms with Crippen LogP contribution >= 0.6 is 0 Å². The smallest absolute Gasteiger partial charge is 0.257 e. The number of likely N-dealkylation sites (N-methyl/N-ethyl adjacent to an activating group) is 1. The summed E-state index contributed by atoms with van der Waals surface area (Å²) in [6, 6.07) is 8.16. The second kappa shape index (κ2) is 12.9. The summed E-state index contributed by atoms with van der Waals surface area (Å²) in [6.07, 6.45) is 2.20. The van der Waals surface area contributed by atoms with E-state index >= 15 is 0 Å². The van der Waals surface area contributed by atoms with Gasteiger partial charge in [-0.25, -0.2) is 4.99 Å². The lowest BCUT2D eigenvalue weighted by Crippen LogP contribution is -2.48. The van der Waals surface area contributed by atoms with Gasteiger partial charge < -0.3 is 20.7 Å². The van der Waals surface area contributed by atoms with Crippen LogP contribution in [0.3, 0.4) is 0 Å². The van der Waals surface area contributed by atoms with Crippen molar-refractivity contribution in [1.82, 2.24) is 20.9 Å². The average Bonchev–Trinajstić information content (AvgIpc) is 2.72. The zero-order valence-electron chi connectivity index (χ0n) is 18.7. The number of amides is 1. The lowest BCUT2D eigenvalue weighted by atomic mass is 10.0. The average molecular weight is 416 g/mol. The lowest BCUT2D eigenvalue weighted by Gasteiger charge is -2.33. The van der Waals surface area contributed by atoms with Crippen molar-refractivity contribution in [3.63, 3.8) is 0 Å². The molecule has 0 atom stereocenters. The van der Waals surface area contributed by atoms with Gasteiger partial charge in [0.1, 0.15) is 5.75 Å². The van der Waals surface area contributed by atoms with E-state index in [-0.39, 0.29) is 12.5 Å². The van der Waals surface area contributed by atoms with E-state index in [1.165, 1.54) is 5.57 Å². The van der Waals surface area contributed by atoms with E-state index in [1.54, 1.807) is 0 Å². The van der Waals surface area contributed by atoms with E-state index in [4.69, 9.17) is 9.73 Å². The minimum atomic E-state index is -0.117. The number of aliphatic imine (C=N–C) groups is 1. The fourth-order valence-corrected chi connectivity index (χ4v) is 3.43. The van der Waals surface area contributed by atoms with Gasteiger partial charge in [-0.1, -0.05) is 24.3 Å². The molecule has 0 bridgehead atoms. The van der Waals surface area contributed by atoms with Crippen LogP contribution < -0.4 is 20.7 Å². The highest BCUT2D eigenvalue weighted by atomic mass is 16.5. The maximum atomic E-state index is 11.6. The Labute approximate surface area is 181 Å². The Balaban J connectivity index is 1.87. The summed E-state index contributed by atoms with van der Waals surface area (Å²) in [4.78, 5) is 18.8. The third kappa shape index (κ3) is 8.86. The molecule has 7 nitrogen and oxygen atoms in total. The third-order valence-electron chi connectivity index (χ3n) is 4.83. The molecular formula is C23H37N5O2. The van der Waals surface area contributed by atoms with Crippen LogP contribution in [-0.2, 0) is 11.3 Å². The van der Waals surface area contributed by atoms with E-state index in [1.807, 2.05) is 31.2 Å². The molecule has 1 aromatic carbocycles. The summed E-state index contributed by atoms with van der Waals surface area (Å²) in [5.41, 5.74) is 2.25. The van der Waals surface area contributed by atoms with E-state index in [2.05, 4.69) is 41.3 Å². The molecule has 7 heteroatoms. The third-order valence-corrected chi connectivity index (χ3v) is 4.83. The van der Waals surface area contributed by atoms with Crippen LogP contribution in [0.4, 0.5) is 0 Å². The number of carbonyl (C=O) groups excluding carboxylic acids is 1. The van der Waals surface area contributed by atoms with Crippen molar-refractivity contribution in [2.24, 2.45) is 4.99 Å². The molecule has 1 saturated heterocycles. The first kappa shape index (κ1) is 23.7. The number of benzene rings is 1. The van der Waals surface area contributed by atoms with Gasteiger partial charge in [-0.2, -0.15) is 0 Å². The highest BCUT2D eigenvalue weighted by Gasteiger charge is 2.19. The first-order chi connectivity index (χ1) is 14.5. The molecule has 0 aliphatic carbocycles. The molecule has 1 aliphatic rings. The zero-order valence-corrected chi connectivity index (χ0v) is 18.7. The van der Waals surface area contributed by atoms with Gasteiger partial charge in [-0.15, -0.1) is 0 Å². The molecule has 0 spiro atoms. The number of piperidine rings is 1. The normalized spacial score (nSPS) is 15.5. The summed E-state index contributed by atoms with van der Waals surface area (Å²) < 4.78 is 5.57. The van der Waals surface area contributed by atoms with E-state index < -0.39 is 0 Å². The van der Waals surface area contributed by atoms with Gasteiger partial charge in [-0.05, 0) is 51.3 Å². The number of hydrogen-bond donors (Lipinski definition) is 3. The van der Waals surface area contributed by atoms with Gasteiger partial charge in [0.2, 0.25) is 0 Å². The Kier molecular flexibility index (Phi) is 10.2. The molecule has 1 aliphatic heterocycles. The summed E-state index contributed by atoms with van der Waals surface area (Å²) >= 11 is 0. The van der Waals surface area contributed by atoms with Crippen molar-refractivity contribution in [3.8, 4) is 5.75 Å². The van der Waals surface area contributed by atoms with Crippen LogP contribution in [0.2, 0.25) is 0 Å². The van der Waals surface area contributed by atoms with Crippen molar-refractivity contribution in [3.05, 3.63) is 42.0 Å². The molecule has 0 radical (unpaired) electrons. The molecule has 30 heavy (non-hydrogen) atoms. The van der Waals surface area contributed by atoms with Crippen LogP contribution in [0.5, 0.6) is 5.75 Å². The number of rotatable bonds is 10. The lowest BCUT2D eigenvalue weighted by molar-refractivity contribution is -0.122. The number of carbonyl (C=O) groups is 1. The molecule has 2 rings (SSSR count). The summed E-state index contributed by atoms with van der Waals surface area (Å²) in [6.45, 7) is 15.2. The highest BCUT2D eigenvalue weighted by Crippen LogP contribution is 2.15. The van der Waals surface area contributed by atoms with Crippen LogP contribution in [0.15, 0.2) is 41.4 Å². The Morgan fingerprint density at radius 1 is 1.23 bits per heavy atom. The number of nitrogens with zero attached hydrogens (tertiary/aromatic N) is 2. The first-order valence-electron chi connectivity index (χ1n) is 10.9. The van der Waals surface area contributed by atoms with E-state index in [0.717, 1.165) is 50.5 Å². The zero-order chi connectivity index (χ0) is 21.8. The monoisotopic (exact) mass is 415 g/mol. The topological polar surface area (TPSA) is 78.0 Å². The molecule has 0 aromatic heterocycles. The highest BCUT2D eigenvalue weighted by molar-refractivity contribution is 5.80. The molecule has 1 fully saturated rings. The van der Waals surface area contributed by atoms with Crippen LogP contribution in [0, 0.1) is 0 Å². The summed E-state index contributed by atoms with van der Waals surface area (Å²) in [5, 5.41) is 9.64. The predicted octanol–water partition coefficient (Wildman–Crippen LogP) is 2.30. The molecular weight excluding hydrogens is 378 g/mol. The van der Waals surface area contributed by atoms with E-state index in [0.29, 0.717) is 24.9 Å². The minimum Gasteiger partial charge on any atom is -0.484 e. The van der Waals surface area contributed by atoms with Crippen molar-refractivity contribution in [2.45, 2.75) is 46.2 Å². The number of nitrogens with one attached hydrogen (secondary N) is 3. The molecule has 3 N–H and O–H groups in total. The maximum absolute atomic E-state index is 11.6. The Morgan fingerprint density at radius 2 is 1.97 bits per heavy atom. The summed E-state index contributed by atoms with van der Waals surface area (Å²) in [7, 11) is 0. The second-order valence-corrected chi connectivity index (χ2v) is 7.74. The van der Waals surface area contributed by atoms with Crippen molar-refractivity contribution in [1.29, 1.82) is 0 Å². The Morgan fingerprint density at radius 3 is 2.63 bits per heavy atom. The largest absolute Gasteiger partial charge is 0.484 e. The minimum absolute atomic E-state index is 0.0227. The standard InChI is InChI=1S/C23H37N5O2/c1-5-24-22(29)17-30-21-9-7-8-19(14-21)15-26-23(25-6-2)27-20-10-12-28(13-11-20)16-18(3)4/h7-9,14,20H,3,5-6,10-13,15-17H2,1-2,4H3,(H,24,29)(H2,25,26,27). The van der Waals surface area contributed by atoms with Crippen LogP contribution in [0.1, 0.15) is 39.2 Å². The molecule has 1 aromatic rings. The van der Waals surface area contributed by atoms with Gasteiger partial charge in [-0.3, -0.25) is 9.69 Å². The van der Waals surface area contributed by atoms with Crippen molar-refractivity contribution in [2.75, 3.05) is 39.3 Å². The van der Waals surface area contributed by atoms with Crippen molar-refractivity contribution < 1.29 is 9.53 Å². The molecule has 0 saturated carbocycles. The number of hydrogen-bond acceptors (Lipinski definition) is 4.